The summed E-state index contributed by atoms with van der Waals surface area (Å²) in [5.74, 6) is 0.0252. The number of esters is 1. The van der Waals surface area contributed by atoms with Crippen molar-refractivity contribution in [2.75, 3.05) is 23.8 Å². The molecule has 1 aliphatic carbocycles. The van der Waals surface area contributed by atoms with Gasteiger partial charge in [-0.05, 0) is 68.4 Å². The van der Waals surface area contributed by atoms with Crippen LogP contribution in [0.3, 0.4) is 0 Å². The van der Waals surface area contributed by atoms with Crippen molar-refractivity contribution in [3.8, 4) is 0 Å². The number of amides is 1. The summed E-state index contributed by atoms with van der Waals surface area (Å²) in [6.45, 7) is 6.34. The maximum atomic E-state index is 12.5. The minimum atomic E-state index is -0.355. The Labute approximate surface area is 174 Å². The number of halogens is 1. The molecular weight excluding hydrogens is 396 g/mol. The van der Waals surface area contributed by atoms with Gasteiger partial charge in [0.1, 0.15) is 5.00 Å². The largest absolute Gasteiger partial charge is 0.462 e. The normalized spacial score (nSPS) is 15.6. The van der Waals surface area contributed by atoms with Gasteiger partial charge in [0.15, 0.2) is 0 Å². The molecule has 0 radical (unpaired) electrons. The van der Waals surface area contributed by atoms with E-state index in [1.165, 1.54) is 16.2 Å². The number of anilines is 2. The van der Waals surface area contributed by atoms with Crippen LogP contribution < -0.4 is 10.6 Å². The van der Waals surface area contributed by atoms with Crippen molar-refractivity contribution < 1.29 is 14.3 Å². The van der Waals surface area contributed by atoms with Gasteiger partial charge < -0.3 is 15.4 Å². The Hall–Kier alpha value is -2.05. The van der Waals surface area contributed by atoms with Crippen LogP contribution in [0.2, 0.25) is 5.02 Å². The van der Waals surface area contributed by atoms with Gasteiger partial charge in [0.2, 0.25) is 5.91 Å². The highest BCUT2D eigenvalue weighted by Crippen LogP contribution is 2.40. The fourth-order valence-corrected chi connectivity index (χ4v) is 5.07. The molecule has 1 amide bonds. The van der Waals surface area contributed by atoms with Gasteiger partial charge in [-0.1, -0.05) is 18.5 Å². The number of fused-ring (bicyclic) bond motifs is 1. The van der Waals surface area contributed by atoms with E-state index in [-0.39, 0.29) is 18.4 Å². The van der Waals surface area contributed by atoms with Crippen LogP contribution in [0.4, 0.5) is 10.7 Å². The highest BCUT2D eigenvalue weighted by Gasteiger charge is 2.29. The van der Waals surface area contributed by atoms with Crippen LogP contribution in [-0.4, -0.2) is 25.0 Å². The molecule has 1 atom stereocenters. The fraction of sp³-hybridized carbons (Fsp3) is 0.429. The summed E-state index contributed by atoms with van der Waals surface area (Å²) < 4.78 is 5.25. The van der Waals surface area contributed by atoms with E-state index in [1.807, 2.05) is 19.1 Å². The van der Waals surface area contributed by atoms with Crippen LogP contribution in [0.5, 0.6) is 0 Å². The second kappa shape index (κ2) is 8.97. The average Bonchev–Trinajstić information content (AvgIpc) is 2.97. The molecule has 0 spiro atoms. The third kappa shape index (κ3) is 4.67. The van der Waals surface area contributed by atoms with Gasteiger partial charge in [0, 0.05) is 15.6 Å². The van der Waals surface area contributed by atoms with Gasteiger partial charge in [-0.25, -0.2) is 4.79 Å². The lowest BCUT2D eigenvalue weighted by Gasteiger charge is -2.18. The summed E-state index contributed by atoms with van der Waals surface area (Å²) in [7, 11) is 0. The standard InChI is InChI=1S/C21H25ClN2O3S/c1-4-27-21(26)19-15-7-5-12(2)9-17(15)28-20(19)24-18(25)11-23-16-8-6-14(22)10-13(16)3/h6,8,10,12,23H,4-5,7,9,11H2,1-3H3,(H,24,25)/t12-/m1/s1. The van der Waals surface area contributed by atoms with Crippen molar-refractivity contribution >= 4 is 45.5 Å². The summed E-state index contributed by atoms with van der Waals surface area (Å²) >= 11 is 7.47. The molecule has 0 saturated heterocycles. The maximum Gasteiger partial charge on any atom is 0.341 e. The lowest BCUT2D eigenvalue weighted by Crippen LogP contribution is -2.23. The van der Waals surface area contributed by atoms with Crippen molar-refractivity contribution in [3.05, 3.63) is 44.8 Å². The molecule has 3 rings (SSSR count). The van der Waals surface area contributed by atoms with Crippen molar-refractivity contribution in [2.24, 2.45) is 5.92 Å². The highest BCUT2D eigenvalue weighted by atomic mass is 35.5. The molecule has 28 heavy (non-hydrogen) atoms. The number of aryl methyl sites for hydroxylation is 1. The second-order valence-corrected chi connectivity index (χ2v) is 8.68. The van der Waals surface area contributed by atoms with E-state index in [0.717, 1.165) is 36.1 Å². The summed E-state index contributed by atoms with van der Waals surface area (Å²) in [5, 5.41) is 7.29. The second-order valence-electron chi connectivity index (χ2n) is 7.14. The molecule has 2 N–H and O–H groups in total. The Morgan fingerprint density at radius 3 is 2.86 bits per heavy atom. The number of carbonyl (C=O) groups is 2. The Morgan fingerprint density at radius 1 is 1.36 bits per heavy atom. The van der Waals surface area contributed by atoms with Crippen LogP contribution in [0.25, 0.3) is 0 Å². The Balaban J connectivity index is 1.75. The average molecular weight is 421 g/mol. The summed E-state index contributed by atoms with van der Waals surface area (Å²) in [6.07, 6.45) is 2.82. The van der Waals surface area contributed by atoms with Crippen LogP contribution in [0, 0.1) is 12.8 Å². The topological polar surface area (TPSA) is 67.4 Å². The first-order chi connectivity index (χ1) is 13.4. The number of carbonyl (C=O) groups excluding carboxylic acids is 2. The van der Waals surface area contributed by atoms with Crippen LogP contribution >= 0.6 is 22.9 Å². The van der Waals surface area contributed by atoms with Crippen molar-refractivity contribution in [1.29, 1.82) is 0 Å². The molecule has 1 aromatic carbocycles. The van der Waals surface area contributed by atoms with E-state index in [0.29, 0.717) is 28.1 Å². The van der Waals surface area contributed by atoms with E-state index in [4.69, 9.17) is 16.3 Å². The van der Waals surface area contributed by atoms with Gasteiger partial charge in [-0.15, -0.1) is 11.3 Å². The number of hydrogen-bond acceptors (Lipinski definition) is 5. The number of hydrogen-bond donors (Lipinski definition) is 2. The van der Waals surface area contributed by atoms with Gasteiger partial charge in [0.05, 0.1) is 18.7 Å². The lowest BCUT2D eigenvalue weighted by molar-refractivity contribution is -0.114. The molecule has 0 unspecified atom stereocenters. The number of nitrogens with one attached hydrogen (secondary N) is 2. The SMILES string of the molecule is CCOC(=O)c1c(NC(=O)CNc2ccc(Cl)cc2C)sc2c1CC[C@@H](C)C2. The molecule has 150 valence electrons. The van der Waals surface area contributed by atoms with E-state index in [9.17, 15) is 9.59 Å². The third-order valence-electron chi connectivity index (χ3n) is 4.87. The molecule has 0 bridgehead atoms. The van der Waals surface area contributed by atoms with Crippen LogP contribution in [0.15, 0.2) is 18.2 Å². The van der Waals surface area contributed by atoms with E-state index in [2.05, 4.69) is 17.6 Å². The fourth-order valence-electron chi connectivity index (χ4n) is 3.43. The summed E-state index contributed by atoms with van der Waals surface area (Å²) in [4.78, 5) is 26.2. The van der Waals surface area contributed by atoms with Crippen molar-refractivity contribution in [1.82, 2.24) is 0 Å². The zero-order valence-electron chi connectivity index (χ0n) is 16.4. The molecule has 1 heterocycles. The Bertz CT molecular complexity index is 894. The van der Waals surface area contributed by atoms with E-state index < -0.39 is 0 Å². The summed E-state index contributed by atoms with van der Waals surface area (Å²) in [6, 6.07) is 5.47. The third-order valence-corrected chi connectivity index (χ3v) is 6.28. The molecule has 0 saturated carbocycles. The smallest absolute Gasteiger partial charge is 0.341 e. The lowest BCUT2D eigenvalue weighted by atomic mass is 9.88. The molecule has 2 aromatic rings. The van der Waals surface area contributed by atoms with Gasteiger partial charge >= 0.3 is 5.97 Å². The number of ether oxygens (including phenoxy) is 1. The van der Waals surface area contributed by atoms with Gasteiger partial charge in [0.25, 0.3) is 0 Å². The highest BCUT2D eigenvalue weighted by molar-refractivity contribution is 7.17. The minimum absolute atomic E-state index is 0.101. The first-order valence-corrected chi connectivity index (χ1v) is 10.7. The molecule has 1 aliphatic rings. The summed E-state index contributed by atoms with van der Waals surface area (Å²) in [5.41, 5.74) is 3.39. The first-order valence-electron chi connectivity index (χ1n) is 9.50. The zero-order chi connectivity index (χ0) is 20.3. The van der Waals surface area contributed by atoms with Crippen molar-refractivity contribution in [3.63, 3.8) is 0 Å². The Morgan fingerprint density at radius 2 is 2.14 bits per heavy atom. The molecule has 0 aliphatic heterocycles. The quantitative estimate of drug-likeness (QED) is 0.641. The van der Waals surface area contributed by atoms with Crippen molar-refractivity contribution in [2.45, 2.75) is 40.0 Å². The first kappa shape index (κ1) is 20.7. The zero-order valence-corrected chi connectivity index (χ0v) is 17.9. The minimum Gasteiger partial charge on any atom is -0.462 e. The van der Waals surface area contributed by atoms with Crippen LogP contribution in [0.1, 0.15) is 46.6 Å². The van der Waals surface area contributed by atoms with Gasteiger partial charge in [-0.2, -0.15) is 0 Å². The molecule has 7 heteroatoms. The molecular formula is C21H25ClN2O3S. The molecule has 1 aromatic heterocycles. The predicted octanol–water partition coefficient (Wildman–Crippen LogP) is 5.06. The van der Waals surface area contributed by atoms with Gasteiger partial charge in [-0.3, -0.25) is 4.79 Å². The Kier molecular flexibility index (Phi) is 6.62. The van der Waals surface area contributed by atoms with E-state index >= 15 is 0 Å². The number of rotatable bonds is 6. The molecule has 0 fully saturated rings. The number of thiophene rings is 1. The number of benzene rings is 1. The van der Waals surface area contributed by atoms with E-state index in [1.54, 1.807) is 13.0 Å². The van der Waals surface area contributed by atoms with Crippen LogP contribution in [-0.2, 0) is 22.4 Å². The molecule has 5 nitrogen and oxygen atoms in total. The predicted molar refractivity (Wildman–Crippen MR) is 115 cm³/mol. The maximum absolute atomic E-state index is 12.5. The monoisotopic (exact) mass is 420 g/mol.